The third-order valence-electron chi connectivity index (χ3n) is 1.70. The quantitative estimate of drug-likeness (QED) is 0.705. The molecule has 4 heteroatoms. The number of rotatable bonds is 5. The lowest BCUT2D eigenvalue weighted by molar-refractivity contribution is 0.903. The van der Waals surface area contributed by atoms with Gasteiger partial charge in [0.2, 0.25) is 0 Å². The van der Waals surface area contributed by atoms with Crippen LogP contribution in [0.5, 0.6) is 0 Å². The number of aromatic nitrogens is 2. The molecule has 1 aromatic rings. The molecule has 0 aliphatic carbocycles. The smallest absolute Gasteiger partial charge is 0.346 e. The molecule has 0 radical (unpaired) electrons. The summed E-state index contributed by atoms with van der Waals surface area (Å²) in [5, 5.41) is 0. The van der Waals surface area contributed by atoms with Crippen LogP contribution < -0.4 is 10.6 Å². The molecule has 0 aromatic carbocycles. The van der Waals surface area contributed by atoms with E-state index in [4.69, 9.17) is 0 Å². The first kappa shape index (κ1) is 10.2. The van der Waals surface area contributed by atoms with Crippen LogP contribution in [0.2, 0.25) is 0 Å². The van der Waals surface area contributed by atoms with Crippen molar-refractivity contribution in [2.75, 3.05) is 18.0 Å². The molecule has 74 valence electrons. The Morgan fingerprint density at radius 3 is 2.57 bits per heavy atom. The van der Waals surface area contributed by atoms with E-state index in [1.807, 2.05) is 4.90 Å². The first-order valence-electron chi connectivity index (χ1n) is 4.30. The van der Waals surface area contributed by atoms with Crippen molar-refractivity contribution in [3.05, 3.63) is 48.1 Å². The largest absolute Gasteiger partial charge is 0.351 e. The summed E-state index contributed by atoms with van der Waals surface area (Å²) in [4.78, 5) is 19.1. The molecular formula is C10H13N3O. The van der Waals surface area contributed by atoms with Gasteiger partial charge in [-0.3, -0.25) is 4.98 Å². The van der Waals surface area contributed by atoms with E-state index in [-0.39, 0.29) is 5.69 Å². The van der Waals surface area contributed by atoms with Gasteiger partial charge in [-0.1, -0.05) is 12.2 Å². The van der Waals surface area contributed by atoms with Crippen LogP contribution in [0.25, 0.3) is 0 Å². The highest BCUT2D eigenvalue weighted by Crippen LogP contribution is 2.05. The molecule has 14 heavy (non-hydrogen) atoms. The number of H-pyrrole nitrogens is 1. The molecule has 0 aliphatic rings. The number of nitrogens with one attached hydrogen (secondary N) is 1. The van der Waals surface area contributed by atoms with Crippen LogP contribution in [0.15, 0.2) is 42.4 Å². The van der Waals surface area contributed by atoms with E-state index >= 15 is 0 Å². The van der Waals surface area contributed by atoms with Gasteiger partial charge in [-0.25, -0.2) is 9.78 Å². The van der Waals surface area contributed by atoms with Crippen molar-refractivity contribution < 1.29 is 0 Å². The van der Waals surface area contributed by atoms with Gasteiger partial charge in [-0.2, -0.15) is 0 Å². The molecule has 4 nitrogen and oxygen atoms in total. The molecule has 0 amide bonds. The van der Waals surface area contributed by atoms with Crippen LogP contribution in [0.1, 0.15) is 0 Å². The van der Waals surface area contributed by atoms with Crippen LogP contribution in [-0.4, -0.2) is 23.1 Å². The van der Waals surface area contributed by atoms with Crippen molar-refractivity contribution in [2.45, 2.75) is 0 Å². The Kier molecular flexibility index (Phi) is 3.67. The second kappa shape index (κ2) is 5.01. The summed E-state index contributed by atoms with van der Waals surface area (Å²) in [7, 11) is 0. The maximum Gasteiger partial charge on any atom is 0.346 e. The molecule has 0 saturated heterocycles. The fraction of sp³-hybridized carbons (Fsp3) is 0.200. The summed E-state index contributed by atoms with van der Waals surface area (Å²) < 4.78 is 0. The normalized spacial score (nSPS) is 9.43. The molecule has 0 aliphatic heterocycles. The Hall–Kier alpha value is -1.84. The number of nitrogens with zero attached hydrogens (tertiary/aromatic N) is 2. The van der Waals surface area contributed by atoms with Crippen molar-refractivity contribution in [1.29, 1.82) is 0 Å². The van der Waals surface area contributed by atoms with Crippen LogP contribution in [0.4, 0.5) is 5.82 Å². The molecule has 0 fully saturated rings. The zero-order chi connectivity index (χ0) is 10.4. The SMILES string of the molecule is C=CCN(CC=C)c1ccnc(=O)[nH]1. The third-order valence-corrected chi connectivity index (χ3v) is 1.70. The molecule has 1 rings (SSSR count). The molecule has 1 aromatic heterocycles. The van der Waals surface area contributed by atoms with E-state index in [0.29, 0.717) is 13.1 Å². The maximum atomic E-state index is 11.0. The predicted molar refractivity (Wildman–Crippen MR) is 57.5 cm³/mol. The summed E-state index contributed by atoms with van der Waals surface area (Å²) in [6, 6.07) is 1.74. The molecule has 0 spiro atoms. The second-order valence-electron chi connectivity index (χ2n) is 2.74. The van der Waals surface area contributed by atoms with Crippen molar-refractivity contribution in [2.24, 2.45) is 0 Å². The Morgan fingerprint density at radius 2 is 2.07 bits per heavy atom. The zero-order valence-corrected chi connectivity index (χ0v) is 7.94. The highest BCUT2D eigenvalue weighted by atomic mass is 16.1. The van der Waals surface area contributed by atoms with Gasteiger partial charge in [0.1, 0.15) is 5.82 Å². The summed E-state index contributed by atoms with van der Waals surface area (Å²) in [6.45, 7) is 8.61. The summed E-state index contributed by atoms with van der Waals surface area (Å²) in [5.41, 5.74) is -0.347. The highest BCUT2D eigenvalue weighted by molar-refractivity contribution is 5.38. The zero-order valence-electron chi connectivity index (χ0n) is 7.94. The number of anilines is 1. The third kappa shape index (κ3) is 2.58. The van der Waals surface area contributed by atoms with Gasteiger partial charge in [0.15, 0.2) is 0 Å². The van der Waals surface area contributed by atoms with Crippen molar-refractivity contribution in [3.63, 3.8) is 0 Å². The summed E-state index contributed by atoms with van der Waals surface area (Å²) >= 11 is 0. The van der Waals surface area contributed by atoms with Gasteiger partial charge in [0.25, 0.3) is 0 Å². The second-order valence-corrected chi connectivity index (χ2v) is 2.74. The van der Waals surface area contributed by atoms with Gasteiger partial charge >= 0.3 is 5.69 Å². The highest BCUT2D eigenvalue weighted by Gasteiger charge is 2.02. The van der Waals surface area contributed by atoms with E-state index in [2.05, 4.69) is 23.1 Å². The maximum absolute atomic E-state index is 11.0. The lowest BCUT2D eigenvalue weighted by Crippen LogP contribution is -2.26. The van der Waals surface area contributed by atoms with Crippen LogP contribution in [0.3, 0.4) is 0 Å². The van der Waals surface area contributed by atoms with Crippen LogP contribution >= 0.6 is 0 Å². The van der Waals surface area contributed by atoms with E-state index in [9.17, 15) is 4.79 Å². The minimum Gasteiger partial charge on any atom is -0.351 e. The van der Waals surface area contributed by atoms with Gasteiger partial charge in [0.05, 0.1) is 0 Å². The monoisotopic (exact) mass is 191 g/mol. The van der Waals surface area contributed by atoms with Gasteiger partial charge in [0, 0.05) is 19.3 Å². The lowest BCUT2D eigenvalue weighted by Gasteiger charge is -2.20. The molecule has 0 atom stereocenters. The standard InChI is InChI=1S/C10H13N3O/c1-3-7-13(8-4-2)9-5-6-11-10(14)12-9/h3-6H,1-2,7-8H2,(H,11,12,14). The van der Waals surface area contributed by atoms with Crippen LogP contribution in [-0.2, 0) is 0 Å². The Morgan fingerprint density at radius 1 is 1.43 bits per heavy atom. The fourth-order valence-corrected chi connectivity index (χ4v) is 1.13. The average Bonchev–Trinajstić information content (AvgIpc) is 2.17. The topological polar surface area (TPSA) is 49.0 Å². The molecule has 0 bridgehead atoms. The summed E-state index contributed by atoms with van der Waals surface area (Å²) in [5.74, 6) is 0.727. The first-order chi connectivity index (χ1) is 6.77. The Bertz CT molecular complexity index is 360. The van der Waals surface area contributed by atoms with E-state index < -0.39 is 0 Å². The van der Waals surface area contributed by atoms with Crippen molar-refractivity contribution in [1.82, 2.24) is 9.97 Å². The average molecular weight is 191 g/mol. The molecular weight excluding hydrogens is 178 g/mol. The van der Waals surface area contributed by atoms with Gasteiger partial charge < -0.3 is 4.90 Å². The number of hydrogen-bond acceptors (Lipinski definition) is 3. The van der Waals surface area contributed by atoms with E-state index in [1.54, 1.807) is 18.2 Å². The lowest BCUT2D eigenvalue weighted by atomic mass is 10.4. The van der Waals surface area contributed by atoms with Gasteiger partial charge in [-0.15, -0.1) is 13.2 Å². The van der Waals surface area contributed by atoms with Gasteiger partial charge in [-0.05, 0) is 6.07 Å². The summed E-state index contributed by atoms with van der Waals surface area (Å²) in [6.07, 6.45) is 5.01. The van der Waals surface area contributed by atoms with E-state index in [1.165, 1.54) is 6.20 Å². The van der Waals surface area contributed by atoms with Crippen molar-refractivity contribution >= 4 is 5.82 Å². The minimum atomic E-state index is -0.347. The Labute approximate surface area is 82.6 Å². The van der Waals surface area contributed by atoms with Crippen molar-refractivity contribution in [3.8, 4) is 0 Å². The molecule has 0 saturated carbocycles. The predicted octanol–water partition coefficient (Wildman–Crippen LogP) is 0.948. The fourth-order valence-electron chi connectivity index (χ4n) is 1.13. The molecule has 1 heterocycles. The first-order valence-corrected chi connectivity index (χ1v) is 4.30. The van der Waals surface area contributed by atoms with Crippen LogP contribution in [0, 0.1) is 0 Å². The Balaban J connectivity index is 2.91. The number of hydrogen-bond donors (Lipinski definition) is 1. The molecule has 0 unspecified atom stereocenters. The minimum absolute atomic E-state index is 0.347. The van der Waals surface area contributed by atoms with E-state index in [0.717, 1.165) is 5.82 Å². The number of aromatic amines is 1. The molecule has 1 N–H and O–H groups in total.